The Kier molecular flexibility index (Phi) is 6.78. The molecule has 0 aliphatic heterocycles. The van der Waals surface area contributed by atoms with E-state index in [0.29, 0.717) is 0 Å². The van der Waals surface area contributed by atoms with Crippen molar-refractivity contribution in [3.05, 3.63) is 59.7 Å². The van der Waals surface area contributed by atoms with Crippen LogP contribution in [-0.2, 0) is 13.0 Å². The third-order valence-corrected chi connectivity index (χ3v) is 3.47. The molecule has 2 aromatic carbocycles. The Labute approximate surface area is 133 Å². The van der Waals surface area contributed by atoms with E-state index in [1.54, 1.807) is 7.11 Å². The minimum atomic E-state index is 0.777. The molecule has 0 bridgehead atoms. The second kappa shape index (κ2) is 9.11. The van der Waals surface area contributed by atoms with Crippen LogP contribution in [0.5, 0.6) is 11.5 Å². The summed E-state index contributed by atoms with van der Waals surface area (Å²) in [5.74, 6) is 1.85. The largest absolute Gasteiger partial charge is 0.497 e. The van der Waals surface area contributed by atoms with E-state index in [-0.39, 0.29) is 0 Å². The van der Waals surface area contributed by atoms with Crippen molar-refractivity contribution in [2.75, 3.05) is 20.3 Å². The van der Waals surface area contributed by atoms with Gasteiger partial charge in [-0.1, -0.05) is 31.2 Å². The quantitative estimate of drug-likeness (QED) is 0.714. The van der Waals surface area contributed by atoms with Crippen LogP contribution in [-0.4, -0.2) is 20.3 Å². The maximum absolute atomic E-state index is 5.58. The van der Waals surface area contributed by atoms with E-state index in [9.17, 15) is 0 Å². The van der Waals surface area contributed by atoms with Crippen molar-refractivity contribution in [3.63, 3.8) is 0 Å². The molecule has 118 valence electrons. The van der Waals surface area contributed by atoms with E-state index in [0.717, 1.165) is 44.0 Å². The molecule has 2 aromatic rings. The molecule has 3 nitrogen and oxygen atoms in total. The van der Waals surface area contributed by atoms with Crippen molar-refractivity contribution in [1.82, 2.24) is 5.32 Å². The van der Waals surface area contributed by atoms with Gasteiger partial charge in [-0.05, 0) is 54.8 Å². The van der Waals surface area contributed by atoms with Crippen LogP contribution in [0.25, 0.3) is 0 Å². The summed E-state index contributed by atoms with van der Waals surface area (Å²) in [6.45, 7) is 4.73. The minimum Gasteiger partial charge on any atom is -0.497 e. The molecule has 0 heterocycles. The molecule has 0 spiro atoms. The summed E-state index contributed by atoms with van der Waals surface area (Å²) in [4.78, 5) is 0. The highest BCUT2D eigenvalue weighted by Crippen LogP contribution is 2.13. The molecule has 0 saturated heterocycles. The first-order valence-electron chi connectivity index (χ1n) is 7.87. The van der Waals surface area contributed by atoms with Crippen LogP contribution in [0.1, 0.15) is 24.5 Å². The number of hydrogen-bond acceptors (Lipinski definition) is 3. The lowest BCUT2D eigenvalue weighted by Gasteiger charge is -2.08. The summed E-state index contributed by atoms with van der Waals surface area (Å²) in [6.07, 6.45) is 2.05. The Bertz CT molecular complexity index is 534. The third-order valence-electron chi connectivity index (χ3n) is 3.47. The predicted molar refractivity (Wildman–Crippen MR) is 90.6 cm³/mol. The van der Waals surface area contributed by atoms with Gasteiger partial charge in [-0.25, -0.2) is 0 Å². The Hall–Kier alpha value is -2.00. The molecule has 0 aliphatic carbocycles. The summed E-state index contributed by atoms with van der Waals surface area (Å²) in [7, 11) is 1.69. The SMILES string of the molecule is CCCOc1ccc(CNCCc2ccc(OC)cc2)cc1. The average molecular weight is 299 g/mol. The topological polar surface area (TPSA) is 30.5 Å². The van der Waals surface area contributed by atoms with Gasteiger partial charge in [0.1, 0.15) is 11.5 Å². The number of benzene rings is 2. The van der Waals surface area contributed by atoms with E-state index >= 15 is 0 Å². The molecule has 0 saturated carbocycles. The van der Waals surface area contributed by atoms with Crippen molar-refractivity contribution in [3.8, 4) is 11.5 Å². The van der Waals surface area contributed by atoms with Gasteiger partial charge in [0.25, 0.3) is 0 Å². The van der Waals surface area contributed by atoms with Crippen molar-refractivity contribution < 1.29 is 9.47 Å². The highest BCUT2D eigenvalue weighted by Gasteiger charge is 1.97. The first-order valence-corrected chi connectivity index (χ1v) is 7.87. The fraction of sp³-hybridized carbons (Fsp3) is 0.368. The molecule has 2 rings (SSSR count). The van der Waals surface area contributed by atoms with Crippen molar-refractivity contribution in [2.45, 2.75) is 26.3 Å². The molecule has 3 heteroatoms. The van der Waals surface area contributed by atoms with Gasteiger partial charge in [-0.15, -0.1) is 0 Å². The van der Waals surface area contributed by atoms with Crippen molar-refractivity contribution in [1.29, 1.82) is 0 Å². The maximum atomic E-state index is 5.58. The van der Waals surface area contributed by atoms with Crippen LogP contribution < -0.4 is 14.8 Å². The lowest BCUT2D eigenvalue weighted by Crippen LogP contribution is -2.16. The standard InChI is InChI=1S/C19H25NO2/c1-3-14-22-19-10-6-17(7-11-19)15-20-13-12-16-4-8-18(21-2)9-5-16/h4-11,20H,3,12-15H2,1-2H3. The van der Waals surface area contributed by atoms with Gasteiger partial charge < -0.3 is 14.8 Å². The fourth-order valence-electron chi connectivity index (χ4n) is 2.18. The maximum Gasteiger partial charge on any atom is 0.119 e. The Balaban J connectivity index is 1.69. The van der Waals surface area contributed by atoms with Gasteiger partial charge in [-0.3, -0.25) is 0 Å². The molecular weight excluding hydrogens is 274 g/mol. The molecule has 1 N–H and O–H groups in total. The monoisotopic (exact) mass is 299 g/mol. The summed E-state index contributed by atoms with van der Waals surface area (Å²) in [5.41, 5.74) is 2.59. The molecule has 0 unspecified atom stereocenters. The normalized spacial score (nSPS) is 10.5. The van der Waals surface area contributed by atoms with E-state index in [1.807, 2.05) is 24.3 Å². The number of hydrogen-bond donors (Lipinski definition) is 1. The Morgan fingerprint density at radius 3 is 2.14 bits per heavy atom. The number of ether oxygens (including phenoxy) is 2. The van der Waals surface area contributed by atoms with Gasteiger partial charge in [-0.2, -0.15) is 0 Å². The molecule has 0 aliphatic rings. The van der Waals surface area contributed by atoms with E-state index in [4.69, 9.17) is 9.47 Å². The molecule has 0 atom stereocenters. The Morgan fingerprint density at radius 2 is 1.50 bits per heavy atom. The summed E-state index contributed by atoms with van der Waals surface area (Å²) >= 11 is 0. The molecule has 0 amide bonds. The third kappa shape index (κ3) is 5.41. The number of methoxy groups -OCH3 is 1. The fourth-order valence-corrected chi connectivity index (χ4v) is 2.18. The van der Waals surface area contributed by atoms with Crippen LogP contribution in [0.4, 0.5) is 0 Å². The van der Waals surface area contributed by atoms with Gasteiger partial charge in [0.2, 0.25) is 0 Å². The summed E-state index contributed by atoms with van der Waals surface area (Å²) in [6, 6.07) is 16.5. The minimum absolute atomic E-state index is 0.777. The van der Waals surface area contributed by atoms with Crippen molar-refractivity contribution >= 4 is 0 Å². The zero-order valence-electron chi connectivity index (χ0n) is 13.5. The van der Waals surface area contributed by atoms with E-state index < -0.39 is 0 Å². The lowest BCUT2D eigenvalue weighted by molar-refractivity contribution is 0.317. The predicted octanol–water partition coefficient (Wildman–Crippen LogP) is 3.82. The Morgan fingerprint density at radius 1 is 0.864 bits per heavy atom. The van der Waals surface area contributed by atoms with Gasteiger partial charge >= 0.3 is 0 Å². The molecule has 0 fully saturated rings. The second-order valence-corrected chi connectivity index (χ2v) is 5.27. The second-order valence-electron chi connectivity index (χ2n) is 5.27. The smallest absolute Gasteiger partial charge is 0.119 e. The lowest BCUT2D eigenvalue weighted by atomic mass is 10.1. The van der Waals surface area contributed by atoms with Gasteiger partial charge in [0.05, 0.1) is 13.7 Å². The van der Waals surface area contributed by atoms with E-state index in [1.165, 1.54) is 11.1 Å². The molecule has 0 aromatic heterocycles. The number of nitrogens with one attached hydrogen (secondary N) is 1. The van der Waals surface area contributed by atoms with Crippen LogP contribution in [0.2, 0.25) is 0 Å². The zero-order chi connectivity index (χ0) is 15.6. The average Bonchev–Trinajstić information content (AvgIpc) is 2.58. The van der Waals surface area contributed by atoms with Gasteiger partial charge in [0, 0.05) is 6.54 Å². The summed E-state index contributed by atoms with van der Waals surface area (Å²) in [5, 5.41) is 3.47. The first-order chi connectivity index (χ1) is 10.8. The van der Waals surface area contributed by atoms with Crippen molar-refractivity contribution in [2.24, 2.45) is 0 Å². The van der Waals surface area contributed by atoms with Crippen LogP contribution in [0.15, 0.2) is 48.5 Å². The zero-order valence-corrected chi connectivity index (χ0v) is 13.5. The van der Waals surface area contributed by atoms with Crippen LogP contribution in [0.3, 0.4) is 0 Å². The van der Waals surface area contributed by atoms with Crippen LogP contribution >= 0.6 is 0 Å². The molecule has 22 heavy (non-hydrogen) atoms. The summed E-state index contributed by atoms with van der Waals surface area (Å²) < 4.78 is 10.7. The highest BCUT2D eigenvalue weighted by molar-refractivity contribution is 5.28. The van der Waals surface area contributed by atoms with Crippen LogP contribution in [0, 0.1) is 0 Å². The van der Waals surface area contributed by atoms with Gasteiger partial charge in [0.15, 0.2) is 0 Å². The highest BCUT2D eigenvalue weighted by atomic mass is 16.5. The number of rotatable bonds is 9. The molecule has 0 radical (unpaired) electrons. The first kappa shape index (κ1) is 16.4. The molecular formula is C19H25NO2. The van der Waals surface area contributed by atoms with E-state index in [2.05, 4.69) is 36.5 Å².